The van der Waals surface area contributed by atoms with Crippen LogP contribution in [0, 0.1) is 11.8 Å². The predicted molar refractivity (Wildman–Crippen MR) is 92.5 cm³/mol. The number of hydrogen-bond acceptors (Lipinski definition) is 5. The lowest BCUT2D eigenvalue weighted by molar-refractivity contribution is 0.0306. The third-order valence-electron chi connectivity index (χ3n) is 5.54. The highest BCUT2D eigenvalue weighted by Crippen LogP contribution is 2.43. The highest BCUT2D eigenvalue weighted by Gasteiger charge is 2.46. The third-order valence-corrected chi connectivity index (χ3v) is 5.54. The summed E-state index contributed by atoms with van der Waals surface area (Å²) in [5, 5.41) is 6.79. The lowest BCUT2D eigenvalue weighted by Gasteiger charge is -2.28. The molecule has 0 aromatic carbocycles. The Morgan fingerprint density at radius 2 is 1.83 bits per heavy atom. The smallest absolute Gasteiger partial charge is 0.332 e. The minimum Gasteiger partial charge on any atom is -0.377 e. The minimum atomic E-state index is -0.207. The standard InChI is InChI=1S/C17H26N4O3/c1-3-5-20-15-13(16(22)21(6-4-2)17(20)23)18-14(19-15)11-7-10-8-12(11)24-9-10/h10-12,14,18-19H,3-9H2,1-2H3. The van der Waals surface area contributed by atoms with Gasteiger partial charge in [-0.05, 0) is 31.6 Å². The van der Waals surface area contributed by atoms with Crippen molar-refractivity contribution in [3.05, 3.63) is 20.8 Å². The fourth-order valence-electron chi connectivity index (χ4n) is 4.46. The van der Waals surface area contributed by atoms with Crippen molar-refractivity contribution in [1.29, 1.82) is 0 Å². The minimum absolute atomic E-state index is 0.0250. The van der Waals surface area contributed by atoms with Crippen LogP contribution in [0.4, 0.5) is 11.5 Å². The van der Waals surface area contributed by atoms with Crippen LogP contribution in [0.5, 0.6) is 0 Å². The Labute approximate surface area is 141 Å². The van der Waals surface area contributed by atoms with Crippen LogP contribution in [0.25, 0.3) is 0 Å². The van der Waals surface area contributed by atoms with Gasteiger partial charge in [0.05, 0.1) is 6.10 Å². The Kier molecular flexibility index (Phi) is 3.90. The van der Waals surface area contributed by atoms with E-state index in [4.69, 9.17) is 4.74 Å². The fraction of sp³-hybridized carbons (Fsp3) is 0.765. The van der Waals surface area contributed by atoms with Crippen molar-refractivity contribution in [2.24, 2.45) is 11.8 Å². The van der Waals surface area contributed by atoms with Crippen molar-refractivity contribution in [2.75, 3.05) is 17.2 Å². The summed E-state index contributed by atoms with van der Waals surface area (Å²) in [5.41, 5.74) is 0.133. The summed E-state index contributed by atoms with van der Waals surface area (Å²) in [5.74, 6) is 1.65. The van der Waals surface area contributed by atoms with E-state index in [9.17, 15) is 9.59 Å². The summed E-state index contributed by atoms with van der Waals surface area (Å²) in [6.07, 6.45) is 4.08. The van der Waals surface area contributed by atoms with Crippen LogP contribution in [0.15, 0.2) is 9.59 Å². The van der Waals surface area contributed by atoms with Crippen LogP contribution in [-0.2, 0) is 17.8 Å². The molecule has 7 nitrogen and oxygen atoms in total. The van der Waals surface area contributed by atoms with Gasteiger partial charge in [0, 0.05) is 25.6 Å². The van der Waals surface area contributed by atoms with Gasteiger partial charge in [0.1, 0.15) is 17.7 Å². The Morgan fingerprint density at radius 1 is 1.08 bits per heavy atom. The average molecular weight is 334 g/mol. The highest BCUT2D eigenvalue weighted by atomic mass is 16.5. The summed E-state index contributed by atoms with van der Waals surface area (Å²) >= 11 is 0. The molecule has 3 heterocycles. The molecule has 0 radical (unpaired) electrons. The van der Waals surface area contributed by atoms with Crippen molar-refractivity contribution in [3.8, 4) is 0 Å². The largest absolute Gasteiger partial charge is 0.377 e. The second-order valence-electron chi connectivity index (χ2n) is 7.25. The zero-order valence-electron chi connectivity index (χ0n) is 14.4. The number of nitrogens with one attached hydrogen (secondary N) is 2. The molecule has 1 aromatic rings. The second kappa shape index (κ2) is 5.95. The molecule has 1 aliphatic carbocycles. The van der Waals surface area contributed by atoms with Crippen molar-refractivity contribution >= 4 is 11.5 Å². The maximum atomic E-state index is 12.8. The first-order chi connectivity index (χ1) is 11.6. The number of aromatic nitrogens is 2. The lowest BCUT2D eigenvalue weighted by Crippen LogP contribution is -2.40. The van der Waals surface area contributed by atoms with E-state index < -0.39 is 0 Å². The van der Waals surface area contributed by atoms with E-state index in [2.05, 4.69) is 10.6 Å². The Hall–Kier alpha value is -1.76. The molecule has 1 aromatic heterocycles. The van der Waals surface area contributed by atoms with Gasteiger partial charge >= 0.3 is 5.69 Å². The topological polar surface area (TPSA) is 77.3 Å². The van der Waals surface area contributed by atoms with Crippen molar-refractivity contribution < 1.29 is 4.74 Å². The fourth-order valence-corrected chi connectivity index (χ4v) is 4.46. The number of ether oxygens (including phenoxy) is 1. The van der Waals surface area contributed by atoms with Crippen LogP contribution in [0.2, 0.25) is 0 Å². The van der Waals surface area contributed by atoms with Gasteiger partial charge in [0.2, 0.25) is 0 Å². The molecule has 4 unspecified atom stereocenters. The zero-order valence-corrected chi connectivity index (χ0v) is 14.4. The molecule has 0 spiro atoms. The van der Waals surface area contributed by atoms with Gasteiger partial charge in [-0.1, -0.05) is 13.8 Å². The Morgan fingerprint density at radius 3 is 2.46 bits per heavy atom. The van der Waals surface area contributed by atoms with E-state index >= 15 is 0 Å². The van der Waals surface area contributed by atoms with Crippen LogP contribution < -0.4 is 21.9 Å². The molecule has 132 valence electrons. The molecular weight excluding hydrogens is 308 g/mol. The molecule has 4 rings (SSSR count). The van der Waals surface area contributed by atoms with E-state index in [1.165, 1.54) is 4.57 Å². The quantitative estimate of drug-likeness (QED) is 0.851. The van der Waals surface area contributed by atoms with E-state index in [1.54, 1.807) is 4.57 Å². The van der Waals surface area contributed by atoms with Crippen molar-refractivity contribution in [3.63, 3.8) is 0 Å². The lowest BCUT2D eigenvalue weighted by atomic mass is 9.99. The molecule has 2 aliphatic heterocycles. The van der Waals surface area contributed by atoms with E-state index in [-0.39, 0.29) is 23.5 Å². The van der Waals surface area contributed by atoms with Gasteiger partial charge in [-0.2, -0.15) is 0 Å². The van der Waals surface area contributed by atoms with Gasteiger partial charge < -0.3 is 15.4 Å². The summed E-state index contributed by atoms with van der Waals surface area (Å²) < 4.78 is 8.92. The first-order valence-corrected chi connectivity index (χ1v) is 9.16. The van der Waals surface area contributed by atoms with Gasteiger partial charge in [0.25, 0.3) is 5.56 Å². The second-order valence-corrected chi connectivity index (χ2v) is 7.25. The molecule has 2 fully saturated rings. The Balaban J connectivity index is 1.71. The molecule has 24 heavy (non-hydrogen) atoms. The average Bonchev–Trinajstić information content (AvgIpc) is 3.29. The number of hydrogen-bond donors (Lipinski definition) is 2. The third kappa shape index (κ3) is 2.29. The molecule has 1 saturated heterocycles. The van der Waals surface area contributed by atoms with Gasteiger partial charge in [-0.15, -0.1) is 0 Å². The van der Waals surface area contributed by atoms with E-state index in [0.29, 0.717) is 36.4 Å². The maximum Gasteiger partial charge on any atom is 0.332 e. The summed E-state index contributed by atoms with van der Waals surface area (Å²) in [6.45, 7) is 5.95. The van der Waals surface area contributed by atoms with Crippen molar-refractivity contribution in [2.45, 2.75) is 64.9 Å². The van der Waals surface area contributed by atoms with Gasteiger partial charge in [0.15, 0.2) is 0 Å². The molecule has 2 bridgehead atoms. The predicted octanol–water partition coefficient (Wildman–Crippen LogP) is 1.42. The Bertz CT molecular complexity index is 753. The van der Waals surface area contributed by atoms with E-state index in [1.807, 2.05) is 13.8 Å². The monoisotopic (exact) mass is 334 g/mol. The molecular formula is C17H26N4O3. The maximum absolute atomic E-state index is 12.8. The summed E-state index contributed by atoms with van der Waals surface area (Å²) in [6, 6.07) is 0. The molecule has 3 aliphatic rings. The number of nitrogens with zero attached hydrogens (tertiary/aromatic N) is 2. The van der Waals surface area contributed by atoms with Crippen LogP contribution in [0.3, 0.4) is 0 Å². The SMILES string of the molecule is CCCn1c2c(c(=O)n(CCC)c1=O)NC(C1CC3COC1C3)N2. The van der Waals surface area contributed by atoms with Crippen molar-refractivity contribution in [1.82, 2.24) is 9.13 Å². The summed E-state index contributed by atoms with van der Waals surface area (Å²) in [4.78, 5) is 25.5. The first-order valence-electron chi connectivity index (χ1n) is 9.16. The number of fused-ring (bicyclic) bond motifs is 3. The molecule has 7 heteroatoms. The number of anilines is 2. The molecule has 4 atom stereocenters. The van der Waals surface area contributed by atoms with E-state index in [0.717, 1.165) is 32.3 Å². The first kappa shape index (κ1) is 15.7. The molecule has 0 amide bonds. The van der Waals surface area contributed by atoms with Crippen LogP contribution in [-0.4, -0.2) is 28.0 Å². The highest BCUT2D eigenvalue weighted by molar-refractivity contribution is 5.70. The zero-order chi connectivity index (χ0) is 16.8. The molecule has 1 saturated carbocycles. The molecule has 2 N–H and O–H groups in total. The summed E-state index contributed by atoms with van der Waals surface area (Å²) in [7, 11) is 0. The van der Waals surface area contributed by atoms with Gasteiger partial charge in [-0.3, -0.25) is 13.9 Å². The normalized spacial score (nSPS) is 30.2. The van der Waals surface area contributed by atoms with Crippen LogP contribution in [0.1, 0.15) is 39.5 Å². The number of rotatable bonds is 5. The van der Waals surface area contributed by atoms with Gasteiger partial charge in [-0.25, -0.2) is 4.79 Å². The van der Waals surface area contributed by atoms with Crippen LogP contribution >= 0.6 is 0 Å².